The molecule has 11 nitrogen and oxygen atoms in total. The largest absolute Gasteiger partial charge is 0.481 e. The third kappa shape index (κ3) is 7.58. The van der Waals surface area contributed by atoms with Gasteiger partial charge in [-0.2, -0.15) is 0 Å². The molecule has 0 unspecified atom stereocenters. The Morgan fingerprint density at radius 1 is 1.25 bits per heavy atom. The Bertz CT molecular complexity index is 1190. The predicted octanol–water partition coefficient (Wildman–Crippen LogP) is 1.89. The molecule has 0 fully saturated rings. The van der Waals surface area contributed by atoms with E-state index in [2.05, 4.69) is 5.32 Å². The van der Waals surface area contributed by atoms with Crippen LogP contribution in [0.4, 0.5) is 4.39 Å². The van der Waals surface area contributed by atoms with Gasteiger partial charge in [-0.25, -0.2) is 14.0 Å². The number of thiophene rings is 1. The van der Waals surface area contributed by atoms with E-state index in [1.54, 1.807) is 19.9 Å². The van der Waals surface area contributed by atoms with Crippen molar-refractivity contribution in [1.82, 2.24) is 10.2 Å². The highest BCUT2D eigenvalue weighted by Crippen LogP contribution is 2.24. The molecule has 1 aromatic carbocycles. The van der Waals surface area contributed by atoms with Crippen LogP contribution in [0, 0.1) is 17.1 Å². The molecule has 194 valence electrons. The van der Waals surface area contributed by atoms with Crippen LogP contribution in [-0.2, 0) is 20.9 Å². The minimum atomic E-state index is -1.63. The van der Waals surface area contributed by atoms with Crippen molar-refractivity contribution in [1.29, 1.82) is 5.41 Å². The zero-order valence-electron chi connectivity index (χ0n) is 20.5. The Labute approximate surface area is 211 Å². The quantitative estimate of drug-likeness (QED) is 0.120. The van der Waals surface area contributed by atoms with Crippen molar-refractivity contribution in [2.75, 3.05) is 7.02 Å². The summed E-state index contributed by atoms with van der Waals surface area (Å²) in [5, 5.41) is 27.7. The third-order valence-corrected chi connectivity index (χ3v) is 6.00. The number of nitrogens with one attached hydrogen (secondary N) is 2. The van der Waals surface area contributed by atoms with Crippen LogP contribution < -0.4 is 15.8 Å². The number of carboxylic acids is 2. The van der Waals surface area contributed by atoms with Crippen molar-refractivity contribution in [3.63, 3.8) is 0 Å². The molecule has 1 amide bonds. The first-order valence-corrected chi connectivity index (χ1v) is 11.4. The van der Waals surface area contributed by atoms with Crippen molar-refractivity contribution < 1.29 is 39.9 Å². The van der Waals surface area contributed by atoms with Crippen LogP contribution in [-0.4, -0.2) is 63.9 Å². The number of esters is 1. The summed E-state index contributed by atoms with van der Waals surface area (Å²) in [6, 6.07) is 3.93. The molecule has 0 saturated heterocycles. The number of likely N-dealkylation sites (N-methyl/N-ethyl adjacent to an activating group) is 1. The summed E-state index contributed by atoms with van der Waals surface area (Å²) in [5.74, 6) is -6.38. The molecule has 13 heteroatoms. The molecule has 0 spiro atoms. The number of carbonyl (C=O) groups excluding carboxylic acids is 2. The molecule has 0 bridgehead atoms. The topological polar surface area (TPSA) is 183 Å². The molecule has 2 atom stereocenters. The number of nitrogens with zero attached hydrogens (tertiary/aromatic N) is 1. The Morgan fingerprint density at radius 3 is 2.47 bits per heavy atom. The summed E-state index contributed by atoms with van der Waals surface area (Å²) in [5.41, 5.74) is 5.44. The number of carbonyl (C=O) groups is 4. The number of aliphatic carboxylic acids is 2. The van der Waals surface area contributed by atoms with Gasteiger partial charge < -0.3 is 26.0 Å². The molecule has 0 aliphatic rings. The van der Waals surface area contributed by atoms with Gasteiger partial charge >= 0.3 is 17.9 Å². The maximum Gasteiger partial charge on any atom is 0.353 e. The number of hydrogen-bond acceptors (Lipinski definition) is 8. The zero-order valence-corrected chi connectivity index (χ0v) is 20.3. The fourth-order valence-corrected chi connectivity index (χ4v) is 4.20. The molecule has 0 saturated carbocycles. The number of benzene rings is 1. The van der Waals surface area contributed by atoms with E-state index < -0.39 is 48.1 Å². The van der Waals surface area contributed by atoms with Crippen molar-refractivity contribution in [3.05, 3.63) is 51.5 Å². The minimum absolute atomic E-state index is 0.0516. The van der Waals surface area contributed by atoms with Crippen LogP contribution in [0.3, 0.4) is 0 Å². The van der Waals surface area contributed by atoms with Crippen LogP contribution in [0.2, 0.25) is 0 Å². The van der Waals surface area contributed by atoms with Gasteiger partial charge in [0.25, 0.3) is 0 Å². The van der Waals surface area contributed by atoms with Crippen LogP contribution >= 0.6 is 11.3 Å². The fourth-order valence-electron chi connectivity index (χ4n) is 3.29. The number of amidine groups is 1. The van der Waals surface area contributed by atoms with Gasteiger partial charge in [-0.3, -0.25) is 19.9 Å². The van der Waals surface area contributed by atoms with Gasteiger partial charge in [0.15, 0.2) is 11.6 Å². The lowest BCUT2D eigenvalue weighted by Gasteiger charge is -2.30. The van der Waals surface area contributed by atoms with E-state index in [0.717, 1.165) is 17.4 Å². The summed E-state index contributed by atoms with van der Waals surface area (Å²) in [4.78, 5) is 49.8. The highest BCUT2D eigenvalue weighted by molar-refractivity contribution is 7.13. The first-order valence-electron chi connectivity index (χ1n) is 11.3. The summed E-state index contributed by atoms with van der Waals surface area (Å²) in [6.45, 7) is 3.45. The van der Waals surface area contributed by atoms with Crippen LogP contribution in [0.25, 0.3) is 0 Å². The highest BCUT2D eigenvalue weighted by atomic mass is 32.1. The second kappa shape index (κ2) is 12.2. The molecule has 1 aromatic heterocycles. The summed E-state index contributed by atoms with van der Waals surface area (Å²) < 4.78 is 27.2. The predicted molar refractivity (Wildman–Crippen MR) is 129 cm³/mol. The van der Waals surface area contributed by atoms with Gasteiger partial charge in [0.05, 0.1) is 12.5 Å². The minimum Gasteiger partial charge on any atom is -0.481 e. The number of halogens is 1. The van der Waals surface area contributed by atoms with E-state index in [1.807, 2.05) is 0 Å². The number of nitrogens with two attached hydrogens (primary N) is 1. The SMILES string of the molecule is [2H]CN(Cc1ccc(C(=O)Oc2ccc(C(=N)N)cc2F)s1)[C@H](C(=O)N[C@@H](CC(=O)O)C(=O)O)C(C)C. The number of rotatable bonds is 12. The van der Waals surface area contributed by atoms with Gasteiger partial charge in [-0.05, 0) is 43.3 Å². The second-order valence-corrected chi connectivity index (χ2v) is 9.32. The van der Waals surface area contributed by atoms with Gasteiger partial charge in [-0.15, -0.1) is 11.3 Å². The molecule has 0 radical (unpaired) electrons. The van der Waals surface area contributed by atoms with Crippen molar-refractivity contribution >= 4 is 41.0 Å². The fraction of sp³-hybridized carbons (Fsp3) is 0.348. The molecular weight excluding hydrogens is 495 g/mol. The van der Waals surface area contributed by atoms with Gasteiger partial charge in [0, 0.05) is 18.4 Å². The van der Waals surface area contributed by atoms with Crippen molar-refractivity contribution in [2.45, 2.75) is 38.9 Å². The Balaban J connectivity index is 2.15. The number of hydrogen-bond donors (Lipinski definition) is 5. The van der Waals surface area contributed by atoms with E-state index in [1.165, 1.54) is 23.1 Å². The van der Waals surface area contributed by atoms with Crippen molar-refractivity contribution in [3.8, 4) is 5.75 Å². The van der Waals surface area contributed by atoms with Gasteiger partial charge in [0.2, 0.25) is 5.91 Å². The summed E-state index contributed by atoms with van der Waals surface area (Å²) >= 11 is 1.01. The average Bonchev–Trinajstić information content (AvgIpc) is 3.27. The van der Waals surface area contributed by atoms with E-state index in [4.69, 9.17) is 22.4 Å². The van der Waals surface area contributed by atoms with E-state index in [0.29, 0.717) is 4.88 Å². The van der Waals surface area contributed by atoms with Crippen LogP contribution in [0.1, 0.15) is 41.8 Å². The Hall–Kier alpha value is -3.84. The maximum atomic E-state index is 14.2. The van der Waals surface area contributed by atoms with Gasteiger partial charge in [0.1, 0.15) is 16.8 Å². The standard InChI is InChI=1S/C23H27FN4O7S/c1-11(2)19(21(31)27-15(22(32)33)9-18(29)30)28(3)10-13-5-7-17(36-13)23(34)35-16-6-4-12(20(25)26)8-14(16)24/h4-8,11,15,19H,9-10H2,1-3H3,(H3,25,26)(H,27,31)(H,29,30)(H,32,33)/t15-,19-/m0/s1/i3D. The monoisotopic (exact) mass is 523 g/mol. The molecule has 2 rings (SSSR count). The maximum absolute atomic E-state index is 14.2. The lowest BCUT2D eigenvalue weighted by Crippen LogP contribution is -2.53. The molecule has 0 aliphatic carbocycles. The van der Waals surface area contributed by atoms with Gasteiger partial charge in [-0.1, -0.05) is 13.8 Å². The normalized spacial score (nSPS) is 13.1. The number of carboxylic acid groups (broad SMARTS) is 2. The first kappa shape index (κ1) is 26.8. The molecule has 0 aliphatic heterocycles. The Morgan fingerprint density at radius 2 is 1.94 bits per heavy atom. The average molecular weight is 524 g/mol. The van der Waals surface area contributed by atoms with E-state index in [-0.39, 0.29) is 41.5 Å². The zero-order chi connectivity index (χ0) is 27.9. The van der Waals surface area contributed by atoms with E-state index >= 15 is 0 Å². The lowest BCUT2D eigenvalue weighted by molar-refractivity contribution is -0.148. The van der Waals surface area contributed by atoms with Crippen LogP contribution in [0.15, 0.2) is 30.3 Å². The second-order valence-electron chi connectivity index (χ2n) is 8.15. The third-order valence-electron chi connectivity index (χ3n) is 4.95. The molecule has 6 N–H and O–H groups in total. The van der Waals surface area contributed by atoms with Crippen LogP contribution in [0.5, 0.6) is 5.75 Å². The number of ether oxygens (including phenoxy) is 1. The molecule has 36 heavy (non-hydrogen) atoms. The first-order chi connectivity index (χ1) is 17.3. The summed E-state index contributed by atoms with van der Waals surface area (Å²) in [7, 11) is -0.349. The summed E-state index contributed by atoms with van der Waals surface area (Å²) in [6.07, 6.45) is -0.804. The number of amides is 1. The highest BCUT2D eigenvalue weighted by Gasteiger charge is 2.31. The lowest BCUT2D eigenvalue weighted by atomic mass is 10.0. The number of nitrogen functional groups attached to an aromatic ring is 1. The van der Waals surface area contributed by atoms with E-state index in [9.17, 15) is 28.7 Å². The Kier molecular flexibility index (Phi) is 9.08. The van der Waals surface area contributed by atoms with Crippen molar-refractivity contribution in [2.24, 2.45) is 11.7 Å². The smallest absolute Gasteiger partial charge is 0.353 e. The molecular formula is C23H27FN4O7S. The molecule has 1 heterocycles. The molecule has 2 aromatic rings.